The summed E-state index contributed by atoms with van der Waals surface area (Å²) >= 11 is 0. The van der Waals surface area contributed by atoms with E-state index in [4.69, 9.17) is 10.5 Å². The molecule has 0 radical (unpaired) electrons. The van der Waals surface area contributed by atoms with Gasteiger partial charge in [0.1, 0.15) is 0 Å². The van der Waals surface area contributed by atoms with Crippen molar-refractivity contribution < 1.29 is 9.66 Å². The zero-order valence-electron chi connectivity index (χ0n) is 8.80. The second-order valence-corrected chi connectivity index (χ2v) is 3.65. The molecule has 1 aliphatic heterocycles. The maximum absolute atomic E-state index is 10.8. The van der Waals surface area contributed by atoms with Crippen molar-refractivity contribution in [1.82, 2.24) is 0 Å². The lowest BCUT2D eigenvalue weighted by Gasteiger charge is -2.24. The summed E-state index contributed by atoms with van der Waals surface area (Å²) < 4.78 is 5.35. The van der Waals surface area contributed by atoms with E-state index < -0.39 is 4.92 Å². The first-order valence-electron chi connectivity index (χ1n) is 4.77. The number of halogens is 1. The van der Waals surface area contributed by atoms with Gasteiger partial charge in [-0.3, -0.25) is 10.1 Å². The molecule has 0 fully saturated rings. The van der Waals surface area contributed by atoms with Gasteiger partial charge in [-0.1, -0.05) is 6.07 Å². The minimum atomic E-state index is -0.434. The lowest BCUT2D eigenvalue weighted by Crippen LogP contribution is -2.22. The molecule has 6 heteroatoms. The number of hydrogen-bond donors (Lipinski definition) is 1. The SMILES string of the molecule is Cc1ccc([N+](=O)[O-])c2c1[C@@H](N)CCO2.Cl. The van der Waals surface area contributed by atoms with Crippen molar-refractivity contribution in [3.63, 3.8) is 0 Å². The molecule has 1 aromatic carbocycles. The fraction of sp³-hybridized carbons (Fsp3) is 0.400. The Hall–Kier alpha value is -1.33. The van der Waals surface area contributed by atoms with Gasteiger partial charge in [0.05, 0.1) is 11.5 Å². The summed E-state index contributed by atoms with van der Waals surface area (Å²) in [4.78, 5) is 10.3. The van der Waals surface area contributed by atoms with Crippen molar-refractivity contribution in [1.29, 1.82) is 0 Å². The Morgan fingerprint density at radius 1 is 1.56 bits per heavy atom. The zero-order valence-corrected chi connectivity index (χ0v) is 9.62. The summed E-state index contributed by atoms with van der Waals surface area (Å²) in [6, 6.07) is 3.02. The summed E-state index contributed by atoms with van der Waals surface area (Å²) in [5, 5.41) is 10.8. The van der Waals surface area contributed by atoms with Gasteiger partial charge < -0.3 is 10.5 Å². The predicted molar refractivity (Wildman–Crippen MR) is 62.1 cm³/mol. The first kappa shape index (κ1) is 12.7. The molecule has 0 saturated carbocycles. The standard InChI is InChI=1S/C10H12N2O3.ClH/c1-6-2-3-8(12(13)14)10-9(6)7(11)4-5-15-10;/h2-3,7H,4-5,11H2,1H3;1H/t7-;/m0./s1. The Morgan fingerprint density at radius 3 is 2.88 bits per heavy atom. The molecule has 0 aliphatic carbocycles. The highest BCUT2D eigenvalue weighted by Gasteiger charge is 2.27. The largest absolute Gasteiger partial charge is 0.486 e. The van der Waals surface area contributed by atoms with Crippen LogP contribution in [0.3, 0.4) is 0 Å². The van der Waals surface area contributed by atoms with Crippen LogP contribution in [0, 0.1) is 17.0 Å². The second-order valence-electron chi connectivity index (χ2n) is 3.65. The van der Waals surface area contributed by atoms with E-state index in [9.17, 15) is 10.1 Å². The van der Waals surface area contributed by atoms with Gasteiger partial charge in [-0.15, -0.1) is 12.4 Å². The lowest BCUT2D eigenvalue weighted by molar-refractivity contribution is -0.386. The molecular weight excluding hydrogens is 232 g/mol. The molecule has 0 unspecified atom stereocenters. The molecule has 1 atom stereocenters. The monoisotopic (exact) mass is 244 g/mol. The smallest absolute Gasteiger partial charge is 0.311 e. The van der Waals surface area contributed by atoms with E-state index >= 15 is 0 Å². The van der Waals surface area contributed by atoms with E-state index in [0.29, 0.717) is 18.8 Å². The number of aryl methyl sites for hydroxylation is 1. The average Bonchev–Trinajstić information content (AvgIpc) is 2.17. The van der Waals surface area contributed by atoms with Crippen LogP contribution in [-0.4, -0.2) is 11.5 Å². The first-order chi connectivity index (χ1) is 7.11. The third kappa shape index (κ3) is 1.96. The molecule has 0 saturated heterocycles. The number of nitrogens with two attached hydrogens (primary N) is 1. The average molecular weight is 245 g/mol. The molecule has 1 heterocycles. The Kier molecular flexibility index (Phi) is 3.72. The maximum atomic E-state index is 10.8. The Balaban J connectivity index is 0.00000128. The van der Waals surface area contributed by atoms with Crippen LogP contribution in [0.2, 0.25) is 0 Å². The van der Waals surface area contributed by atoms with Gasteiger partial charge in [0.15, 0.2) is 0 Å². The predicted octanol–water partition coefficient (Wildman–Crippen LogP) is 2.11. The van der Waals surface area contributed by atoms with Crippen LogP contribution in [0.4, 0.5) is 5.69 Å². The van der Waals surface area contributed by atoms with Crippen LogP contribution >= 0.6 is 12.4 Å². The normalized spacial score (nSPS) is 18.0. The van der Waals surface area contributed by atoms with E-state index in [2.05, 4.69) is 0 Å². The van der Waals surface area contributed by atoms with E-state index in [0.717, 1.165) is 11.1 Å². The molecule has 16 heavy (non-hydrogen) atoms. The van der Waals surface area contributed by atoms with Gasteiger partial charge in [-0.25, -0.2) is 0 Å². The zero-order chi connectivity index (χ0) is 11.0. The van der Waals surface area contributed by atoms with Gasteiger partial charge in [-0.2, -0.15) is 0 Å². The number of benzene rings is 1. The molecule has 88 valence electrons. The first-order valence-corrected chi connectivity index (χ1v) is 4.77. The molecule has 1 aliphatic rings. The summed E-state index contributed by atoms with van der Waals surface area (Å²) in [6.45, 7) is 2.33. The third-order valence-corrected chi connectivity index (χ3v) is 2.64. The van der Waals surface area contributed by atoms with E-state index in [1.807, 2.05) is 6.92 Å². The number of nitro groups is 1. The number of ether oxygens (including phenoxy) is 1. The van der Waals surface area contributed by atoms with Crippen molar-refractivity contribution in [2.24, 2.45) is 5.73 Å². The molecule has 0 bridgehead atoms. The molecular formula is C10H13ClN2O3. The number of rotatable bonds is 1. The van der Waals surface area contributed by atoms with Crippen molar-refractivity contribution in [3.05, 3.63) is 33.4 Å². The van der Waals surface area contributed by atoms with Crippen LogP contribution in [0.1, 0.15) is 23.6 Å². The highest BCUT2D eigenvalue weighted by Crippen LogP contribution is 2.40. The van der Waals surface area contributed by atoms with Gasteiger partial charge in [0.25, 0.3) is 0 Å². The van der Waals surface area contributed by atoms with E-state index in [1.165, 1.54) is 6.07 Å². The lowest BCUT2D eigenvalue weighted by atomic mass is 9.96. The molecule has 0 aromatic heterocycles. The fourth-order valence-electron chi connectivity index (χ4n) is 1.88. The topological polar surface area (TPSA) is 78.4 Å². The van der Waals surface area contributed by atoms with Crippen molar-refractivity contribution in [2.75, 3.05) is 6.61 Å². The Bertz CT molecular complexity index is 423. The number of fused-ring (bicyclic) bond motifs is 1. The Morgan fingerprint density at radius 2 is 2.25 bits per heavy atom. The number of nitro benzene ring substituents is 1. The van der Waals surface area contributed by atoms with E-state index in [-0.39, 0.29) is 24.1 Å². The molecule has 0 amide bonds. The fourth-order valence-corrected chi connectivity index (χ4v) is 1.88. The number of nitrogens with zero attached hydrogens (tertiary/aromatic N) is 1. The molecule has 0 spiro atoms. The van der Waals surface area contributed by atoms with Gasteiger partial charge in [0, 0.05) is 24.1 Å². The van der Waals surface area contributed by atoms with Crippen LogP contribution in [-0.2, 0) is 0 Å². The maximum Gasteiger partial charge on any atom is 0.311 e. The highest BCUT2D eigenvalue weighted by atomic mass is 35.5. The minimum Gasteiger partial charge on any atom is -0.486 e. The third-order valence-electron chi connectivity index (χ3n) is 2.64. The second kappa shape index (κ2) is 4.67. The van der Waals surface area contributed by atoms with E-state index in [1.54, 1.807) is 6.07 Å². The molecule has 5 nitrogen and oxygen atoms in total. The van der Waals surface area contributed by atoms with Crippen LogP contribution in [0.5, 0.6) is 5.75 Å². The number of hydrogen-bond acceptors (Lipinski definition) is 4. The van der Waals surface area contributed by atoms with Crippen molar-refractivity contribution in [3.8, 4) is 5.75 Å². The summed E-state index contributed by atoms with van der Waals surface area (Å²) in [5.74, 6) is 0.346. The minimum absolute atomic E-state index is 0. The highest BCUT2D eigenvalue weighted by molar-refractivity contribution is 5.85. The van der Waals surface area contributed by atoms with Crippen LogP contribution in [0.15, 0.2) is 12.1 Å². The van der Waals surface area contributed by atoms with Gasteiger partial charge in [-0.05, 0) is 12.5 Å². The van der Waals surface area contributed by atoms with Gasteiger partial charge in [0.2, 0.25) is 5.75 Å². The molecule has 2 N–H and O–H groups in total. The quantitative estimate of drug-likeness (QED) is 0.606. The Labute approximate surface area is 99.1 Å². The summed E-state index contributed by atoms with van der Waals surface area (Å²) in [7, 11) is 0. The van der Waals surface area contributed by atoms with Gasteiger partial charge >= 0.3 is 5.69 Å². The summed E-state index contributed by atoms with van der Waals surface area (Å²) in [6.07, 6.45) is 0.703. The molecule has 1 aromatic rings. The molecule has 2 rings (SSSR count). The van der Waals surface area contributed by atoms with Crippen molar-refractivity contribution >= 4 is 18.1 Å². The van der Waals surface area contributed by atoms with Crippen LogP contribution in [0.25, 0.3) is 0 Å². The van der Waals surface area contributed by atoms with Crippen molar-refractivity contribution in [2.45, 2.75) is 19.4 Å². The van der Waals surface area contributed by atoms with Crippen LogP contribution < -0.4 is 10.5 Å². The summed E-state index contributed by atoms with van der Waals surface area (Å²) in [5.41, 5.74) is 7.64.